The highest BCUT2D eigenvalue weighted by Crippen LogP contribution is 2.31. The molecule has 0 saturated carbocycles. The zero-order valence-electron chi connectivity index (χ0n) is 15.5. The molecule has 0 spiro atoms. The van der Waals surface area contributed by atoms with Crippen molar-refractivity contribution in [3.8, 4) is 11.5 Å². The summed E-state index contributed by atoms with van der Waals surface area (Å²) in [5.74, 6) is 0.421. The number of carbonyl (C=O) groups excluding carboxylic acids is 2. The Morgan fingerprint density at radius 3 is 2.26 bits per heavy atom. The number of hydrogen-bond donors (Lipinski definition) is 1. The Kier molecular flexibility index (Phi) is 7.49. The van der Waals surface area contributed by atoms with Gasteiger partial charge in [-0.1, -0.05) is 29.8 Å². The number of esters is 1. The fourth-order valence-corrected chi connectivity index (χ4v) is 2.73. The van der Waals surface area contributed by atoms with Crippen LogP contribution in [0.3, 0.4) is 0 Å². The van der Waals surface area contributed by atoms with E-state index in [1.54, 1.807) is 42.5 Å². The molecular weight excluding hydrogens is 370 g/mol. The Balaban J connectivity index is 2.19. The smallest absolute Gasteiger partial charge is 0.307 e. The Morgan fingerprint density at radius 2 is 1.67 bits per heavy atom. The van der Waals surface area contributed by atoms with Gasteiger partial charge in [0.15, 0.2) is 11.5 Å². The van der Waals surface area contributed by atoms with Crippen LogP contribution in [0.25, 0.3) is 0 Å². The van der Waals surface area contributed by atoms with Gasteiger partial charge in [-0.3, -0.25) is 9.59 Å². The molecule has 0 aliphatic heterocycles. The third-order valence-corrected chi connectivity index (χ3v) is 4.27. The van der Waals surface area contributed by atoms with Gasteiger partial charge < -0.3 is 19.5 Å². The lowest BCUT2D eigenvalue weighted by atomic mass is 10.0. The Labute approximate surface area is 163 Å². The number of hydrogen-bond acceptors (Lipinski definition) is 5. The lowest BCUT2D eigenvalue weighted by Gasteiger charge is -2.20. The summed E-state index contributed by atoms with van der Waals surface area (Å²) in [5, 5.41) is 3.49. The monoisotopic (exact) mass is 391 g/mol. The summed E-state index contributed by atoms with van der Waals surface area (Å²) in [6.45, 7) is 0. The summed E-state index contributed by atoms with van der Waals surface area (Å²) in [4.78, 5) is 24.3. The van der Waals surface area contributed by atoms with E-state index >= 15 is 0 Å². The van der Waals surface area contributed by atoms with Crippen molar-refractivity contribution in [1.82, 2.24) is 5.32 Å². The zero-order chi connectivity index (χ0) is 19.8. The van der Waals surface area contributed by atoms with Crippen molar-refractivity contribution in [2.24, 2.45) is 0 Å². The van der Waals surface area contributed by atoms with Crippen molar-refractivity contribution in [2.45, 2.75) is 18.9 Å². The summed E-state index contributed by atoms with van der Waals surface area (Å²) in [5.41, 5.74) is 1.53. The predicted octanol–water partition coefficient (Wildman–Crippen LogP) is 3.32. The molecule has 2 rings (SSSR count). The second kappa shape index (κ2) is 9.83. The average Bonchev–Trinajstić information content (AvgIpc) is 2.68. The maximum atomic E-state index is 12.5. The van der Waals surface area contributed by atoms with Gasteiger partial charge in [0.25, 0.3) is 0 Å². The molecule has 1 atom stereocenters. The van der Waals surface area contributed by atoms with Crippen molar-refractivity contribution in [1.29, 1.82) is 0 Å². The molecule has 6 nitrogen and oxygen atoms in total. The van der Waals surface area contributed by atoms with E-state index in [9.17, 15) is 9.59 Å². The molecule has 27 heavy (non-hydrogen) atoms. The van der Waals surface area contributed by atoms with Crippen molar-refractivity contribution in [2.75, 3.05) is 21.3 Å². The third-order valence-electron chi connectivity index (χ3n) is 4.02. The topological polar surface area (TPSA) is 73.9 Å². The second-order valence-corrected chi connectivity index (χ2v) is 6.25. The van der Waals surface area contributed by atoms with E-state index in [2.05, 4.69) is 5.32 Å². The van der Waals surface area contributed by atoms with Crippen molar-refractivity contribution in [3.63, 3.8) is 0 Å². The first-order chi connectivity index (χ1) is 13.0. The lowest BCUT2D eigenvalue weighted by molar-refractivity contribution is -0.141. The quantitative estimate of drug-likeness (QED) is 0.699. The van der Waals surface area contributed by atoms with Crippen LogP contribution in [0.1, 0.15) is 23.6 Å². The van der Waals surface area contributed by atoms with Crippen LogP contribution in [0.2, 0.25) is 5.02 Å². The van der Waals surface area contributed by atoms with Crippen LogP contribution in [0.15, 0.2) is 42.5 Å². The number of methoxy groups -OCH3 is 3. The van der Waals surface area contributed by atoms with Gasteiger partial charge in [0.2, 0.25) is 5.91 Å². The molecule has 7 heteroatoms. The standard InChI is InChI=1S/C20H22ClNO5/c1-25-17-9-6-14(11-18(17)26-2)16(12-20(24)27-3)22-19(23)10-13-4-7-15(21)8-5-13/h4-9,11,16H,10,12H2,1-3H3,(H,22,23)/t16-/m0/s1. The SMILES string of the molecule is COC(=O)C[C@H](NC(=O)Cc1ccc(Cl)cc1)c1ccc(OC)c(OC)c1. The molecule has 0 aliphatic carbocycles. The van der Waals surface area contributed by atoms with Gasteiger partial charge in [-0.05, 0) is 35.4 Å². The first-order valence-electron chi connectivity index (χ1n) is 8.29. The number of halogens is 1. The van der Waals surface area contributed by atoms with Crippen LogP contribution in [0, 0.1) is 0 Å². The minimum absolute atomic E-state index is 0.00165. The van der Waals surface area contributed by atoms with Crippen LogP contribution in [-0.4, -0.2) is 33.2 Å². The summed E-state index contributed by atoms with van der Waals surface area (Å²) < 4.78 is 15.3. The molecule has 1 amide bonds. The van der Waals surface area contributed by atoms with E-state index < -0.39 is 12.0 Å². The minimum atomic E-state index is -0.558. The van der Waals surface area contributed by atoms with Crippen LogP contribution >= 0.6 is 11.6 Å². The number of carbonyl (C=O) groups is 2. The molecule has 0 aliphatic rings. The summed E-state index contributed by atoms with van der Waals surface area (Å²) in [6.07, 6.45) is 0.167. The first-order valence-corrected chi connectivity index (χ1v) is 8.67. The minimum Gasteiger partial charge on any atom is -0.493 e. The molecule has 0 heterocycles. The molecule has 0 radical (unpaired) electrons. The maximum Gasteiger partial charge on any atom is 0.307 e. The van der Waals surface area contributed by atoms with Crippen LogP contribution < -0.4 is 14.8 Å². The fourth-order valence-electron chi connectivity index (χ4n) is 2.60. The van der Waals surface area contributed by atoms with E-state index in [1.165, 1.54) is 21.3 Å². The van der Waals surface area contributed by atoms with E-state index in [-0.39, 0.29) is 18.7 Å². The Bertz CT molecular complexity index is 791. The van der Waals surface area contributed by atoms with Gasteiger partial charge in [0.1, 0.15) is 0 Å². The Hall–Kier alpha value is -2.73. The molecule has 0 unspecified atom stereocenters. The van der Waals surface area contributed by atoms with E-state index in [0.717, 1.165) is 5.56 Å². The van der Waals surface area contributed by atoms with Gasteiger partial charge in [0, 0.05) is 5.02 Å². The number of rotatable bonds is 8. The van der Waals surface area contributed by atoms with Crippen LogP contribution in [-0.2, 0) is 20.7 Å². The number of amides is 1. The second-order valence-electron chi connectivity index (χ2n) is 5.82. The van der Waals surface area contributed by atoms with E-state index in [0.29, 0.717) is 22.1 Å². The third kappa shape index (κ3) is 5.89. The molecular formula is C20H22ClNO5. The highest BCUT2D eigenvalue weighted by molar-refractivity contribution is 6.30. The predicted molar refractivity (Wildman–Crippen MR) is 102 cm³/mol. The van der Waals surface area contributed by atoms with E-state index in [1.807, 2.05) is 0 Å². The summed E-state index contributed by atoms with van der Waals surface area (Å²) in [6, 6.07) is 11.7. The molecule has 0 saturated heterocycles. The molecule has 2 aromatic rings. The highest BCUT2D eigenvalue weighted by atomic mass is 35.5. The summed E-state index contributed by atoms with van der Waals surface area (Å²) in [7, 11) is 4.37. The maximum absolute atomic E-state index is 12.5. The number of nitrogens with one attached hydrogen (secondary N) is 1. The van der Waals surface area contributed by atoms with Gasteiger partial charge >= 0.3 is 5.97 Å². The molecule has 1 N–H and O–H groups in total. The number of benzene rings is 2. The largest absolute Gasteiger partial charge is 0.493 e. The van der Waals surface area contributed by atoms with E-state index in [4.69, 9.17) is 25.8 Å². The highest BCUT2D eigenvalue weighted by Gasteiger charge is 2.20. The Morgan fingerprint density at radius 1 is 1.00 bits per heavy atom. The molecule has 0 aromatic heterocycles. The normalized spacial score (nSPS) is 11.4. The lowest BCUT2D eigenvalue weighted by Crippen LogP contribution is -2.31. The van der Waals surface area contributed by atoms with Gasteiger partial charge in [-0.15, -0.1) is 0 Å². The fraction of sp³-hybridized carbons (Fsp3) is 0.300. The zero-order valence-corrected chi connectivity index (χ0v) is 16.2. The summed E-state index contributed by atoms with van der Waals surface area (Å²) >= 11 is 5.87. The molecule has 144 valence electrons. The van der Waals surface area contributed by atoms with Crippen molar-refractivity contribution >= 4 is 23.5 Å². The van der Waals surface area contributed by atoms with Crippen molar-refractivity contribution < 1.29 is 23.8 Å². The number of ether oxygens (including phenoxy) is 3. The molecule has 0 bridgehead atoms. The first kappa shape index (κ1) is 20.6. The van der Waals surface area contributed by atoms with Crippen LogP contribution in [0.4, 0.5) is 0 Å². The average molecular weight is 392 g/mol. The van der Waals surface area contributed by atoms with Crippen LogP contribution in [0.5, 0.6) is 11.5 Å². The molecule has 0 fully saturated rings. The van der Waals surface area contributed by atoms with Gasteiger partial charge in [-0.25, -0.2) is 0 Å². The van der Waals surface area contributed by atoms with Gasteiger partial charge in [-0.2, -0.15) is 0 Å². The molecule has 2 aromatic carbocycles. The van der Waals surface area contributed by atoms with Gasteiger partial charge in [0.05, 0.1) is 40.2 Å². The van der Waals surface area contributed by atoms with Crippen molar-refractivity contribution in [3.05, 3.63) is 58.6 Å².